The molecule has 2 aromatic rings. The zero-order valence-electron chi connectivity index (χ0n) is 12.2. The lowest BCUT2D eigenvalue weighted by atomic mass is 10.2. The molecule has 1 aromatic heterocycles. The molecular formula is C16H16N2O4S. The van der Waals surface area contributed by atoms with E-state index >= 15 is 0 Å². The molecule has 2 atom stereocenters. The smallest absolute Gasteiger partial charge is 0.326 e. The highest BCUT2D eigenvalue weighted by molar-refractivity contribution is 7.85. The number of carbonyl (C=O) groups is 2. The predicted molar refractivity (Wildman–Crippen MR) is 85.5 cm³/mol. The molecule has 0 bridgehead atoms. The first-order valence-electron chi connectivity index (χ1n) is 6.96. The topological polar surface area (TPSA) is 96.4 Å². The van der Waals surface area contributed by atoms with E-state index in [1.54, 1.807) is 36.4 Å². The van der Waals surface area contributed by atoms with E-state index in [1.165, 1.54) is 12.3 Å². The minimum absolute atomic E-state index is 0.0649. The summed E-state index contributed by atoms with van der Waals surface area (Å²) in [4.78, 5) is 27.7. The molecule has 0 aliphatic carbocycles. The van der Waals surface area contributed by atoms with Crippen molar-refractivity contribution < 1.29 is 18.9 Å². The summed E-state index contributed by atoms with van der Waals surface area (Å²) in [5.41, 5.74) is 0.142. The first-order valence-corrected chi connectivity index (χ1v) is 8.28. The zero-order chi connectivity index (χ0) is 16.7. The van der Waals surface area contributed by atoms with Gasteiger partial charge in [-0.1, -0.05) is 24.3 Å². The Morgan fingerprint density at radius 2 is 1.83 bits per heavy atom. The Balaban J connectivity index is 1.96. The van der Waals surface area contributed by atoms with Crippen molar-refractivity contribution in [2.45, 2.75) is 17.4 Å². The minimum Gasteiger partial charge on any atom is -0.480 e. The van der Waals surface area contributed by atoms with Crippen LogP contribution in [0.5, 0.6) is 0 Å². The fraction of sp³-hybridized carbons (Fsp3) is 0.188. The second-order valence-electron chi connectivity index (χ2n) is 4.73. The lowest BCUT2D eigenvalue weighted by molar-refractivity contribution is -0.139. The summed E-state index contributed by atoms with van der Waals surface area (Å²) < 4.78 is 12.1. The van der Waals surface area contributed by atoms with Gasteiger partial charge in [0.2, 0.25) is 0 Å². The summed E-state index contributed by atoms with van der Waals surface area (Å²) in [7, 11) is -1.31. The van der Waals surface area contributed by atoms with Crippen LogP contribution in [-0.2, 0) is 15.6 Å². The number of hydrogen-bond acceptors (Lipinski definition) is 4. The van der Waals surface area contributed by atoms with Gasteiger partial charge in [-0.2, -0.15) is 0 Å². The number of carbonyl (C=O) groups excluding carboxylic acids is 1. The van der Waals surface area contributed by atoms with Crippen molar-refractivity contribution in [2.75, 3.05) is 5.75 Å². The number of nitrogens with zero attached hydrogens (tertiary/aromatic N) is 1. The van der Waals surface area contributed by atoms with Crippen LogP contribution in [0.15, 0.2) is 59.6 Å². The van der Waals surface area contributed by atoms with E-state index in [9.17, 15) is 18.9 Å². The molecule has 0 fully saturated rings. The van der Waals surface area contributed by atoms with Crippen molar-refractivity contribution in [1.82, 2.24) is 10.3 Å². The quantitative estimate of drug-likeness (QED) is 0.800. The maximum Gasteiger partial charge on any atom is 0.326 e. The van der Waals surface area contributed by atoms with Crippen LogP contribution in [0.25, 0.3) is 0 Å². The van der Waals surface area contributed by atoms with E-state index in [0.29, 0.717) is 4.90 Å². The van der Waals surface area contributed by atoms with Crippen LogP contribution in [0.2, 0.25) is 0 Å². The fourth-order valence-electron chi connectivity index (χ4n) is 1.90. The number of nitrogens with one attached hydrogen (secondary N) is 1. The van der Waals surface area contributed by atoms with E-state index in [2.05, 4.69) is 10.3 Å². The molecule has 0 spiro atoms. The Morgan fingerprint density at radius 3 is 2.43 bits per heavy atom. The first kappa shape index (κ1) is 16.8. The Kier molecular flexibility index (Phi) is 5.99. The van der Waals surface area contributed by atoms with Crippen LogP contribution in [-0.4, -0.2) is 38.0 Å². The zero-order valence-corrected chi connectivity index (χ0v) is 13.0. The maximum absolute atomic E-state index is 12.1. The van der Waals surface area contributed by atoms with Gasteiger partial charge >= 0.3 is 5.97 Å². The predicted octanol–water partition coefficient (Wildman–Crippen LogP) is 1.46. The highest BCUT2D eigenvalue weighted by Gasteiger charge is 2.22. The molecule has 0 saturated carbocycles. The third kappa shape index (κ3) is 5.00. The van der Waals surface area contributed by atoms with Crippen LogP contribution in [0.4, 0.5) is 0 Å². The average molecular weight is 332 g/mol. The van der Waals surface area contributed by atoms with Gasteiger partial charge in [-0.05, 0) is 30.7 Å². The van der Waals surface area contributed by atoms with Gasteiger partial charge in [0.15, 0.2) is 0 Å². The Labute approximate surface area is 136 Å². The number of carboxylic acids is 1. The number of benzene rings is 1. The molecule has 23 heavy (non-hydrogen) atoms. The van der Waals surface area contributed by atoms with Crippen LogP contribution >= 0.6 is 0 Å². The summed E-state index contributed by atoms with van der Waals surface area (Å²) in [5, 5.41) is 11.6. The monoisotopic (exact) mass is 332 g/mol. The number of rotatable bonds is 7. The van der Waals surface area contributed by atoms with E-state index < -0.39 is 28.7 Å². The molecule has 1 amide bonds. The minimum atomic E-state index is -1.31. The number of amides is 1. The molecule has 6 nitrogen and oxygen atoms in total. The molecule has 0 aliphatic rings. The second-order valence-corrected chi connectivity index (χ2v) is 6.30. The Morgan fingerprint density at radius 1 is 1.13 bits per heavy atom. The van der Waals surface area contributed by atoms with Gasteiger partial charge in [0, 0.05) is 16.8 Å². The Bertz CT molecular complexity index is 692. The van der Waals surface area contributed by atoms with Gasteiger partial charge in [-0.15, -0.1) is 0 Å². The van der Waals surface area contributed by atoms with Gasteiger partial charge < -0.3 is 10.4 Å². The van der Waals surface area contributed by atoms with Gasteiger partial charge in [-0.25, -0.2) is 4.79 Å². The van der Waals surface area contributed by atoms with E-state index in [4.69, 9.17) is 0 Å². The number of pyridine rings is 1. The molecule has 120 valence electrons. The molecule has 7 heteroatoms. The number of carboxylic acid groups (broad SMARTS) is 1. The highest BCUT2D eigenvalue weighted by Crippen LogP contribution is 2.08. The lowest BCUT2D eigenvalue weighted by Gasteiger charge is -2.14. The second kappa shape index (κ2) is 8.19. The van der Waals surface area contributed by atoms with Crippen LogP contribution in [0, 0.1) is 0 Å². The van der Waals surface area contributed by atoms with Crippen molar-refractivity contribution in [3.63, 3.8) is 0 Å². The largest absolute Gasteiger partial charge is 0.480 e. The van der Waals surface area contributed by atoms with Gasteiger partial charge in [-0.3, -0.25) is 14.0 Å². The van der Waals surface area contributed by atoms with Crippen LogP contribution in [0.1, 0.15) is 16.9 Å². The summed E-state index contributed by atoms with van der Waals surface area (Å²) in [6.07, 6.45) is 1.52. The average Bonchev–Trinajstić information content (AvgIpc) is 2.59. The number of aromatic nitrogens is 1. The molecular weight excluding hydrogens is 316 g/mol. The summed E-state index contributed by atoms with van der Waals surface area (Å²) >= 11 is 0. The summed E-state index contributed by atoms with van der Waals surface area (Å²) in [6.45, 7) is 0. The molecule has 0 saturated heterocycles. The molecule has 0 unspecified atom stereocenters. The van der Waals surface area contributed by atoms with Crippen LogP contribution < -0.4 is 5.32 Å². The molecule has 2 N–H and O–H groups in total. The van der Waals surface area contributed by atoms with E-state index in [0.717, 1.165) is 0 Å². The van der Waals surface area contributed by atoms with E-state index in [-0.39, 0.29) is 17.9 Å². The standard InChI is InChI=1S/C16H16N2O4S/c19-15(13-8-4-5-10-17-13)18-14(16(20)21)9-11-23(22)12-6-2-1-3-7-12/h1-8,10,14H,9,11H2,(H,18,19)(H,20,21)/t14-,23-/m1/s1. The van der Waals surface area contributed by atoms with Crippen molar-refractivity contribution in [1.29, 1.82) is 0 Å². The van der Waals surface area contributed by atoms with Gasteiger partial charge in [0.25, 0.3) is 5.91 Å². The van der Waals surface area contributed by atoms with E-state index in [1.807, 2.05) is 6.07 Å². The van der Waals surface area contributed by atoms with Crippen molar-refractivity contribution in [2.24, 2.45) is 0 Å². The lowest BCUT2D eigenvalue weighted by Crippen LogP contribution is -2.41. The normalized spacial score (nSPS) is 13.0. The van der Waals surface area contributed by atoms with Crippen molar-refractivity contribution in [3.05, 3.63) is 60.4 Å². The maximum atomic E-state index is 12.1. The number of aliphatic carboxylic acids is 1. The van der Waals surface area contributed by atoms with Crippen molar-refractivity contribution >= 4 is 22.7 Å². The first-order chi connectivity index (χ1) is 11.1. The van der Waals surface area contributed by atoms with Gasteiger partial charge in [0.1, 0.15) is 11.7 Å². The SMILES string of the molecule is O=C(N[C@H](CC[S@@](=O)c1ccccc1)C(=O)O)c1ccccn1. The van der Waals surface area contributed by atoms with Gasteiger partial charge in [0.05, 0.1) is 10.8 Å². The molecule has 1 heterocycles. The molecule has 2 rings (SSSR count). The fourth-order valence-corrected chi connectivity index (χ4v) is 3.05. The molecule has 0 radical (unpaired) electrons. The summed E-state index contributed by atoms with van der Waals surface area (Å²) in [5.74, 6) is -1.59. The number of hydrogen-bond donors (Lipinski definition) is 2. The molecule has 1 aromatic carbocycles. The molecule has 0 aliphatic heterocycles. The highest BCUT2D eigenvalue weighted by atomic mass is 32.2. The summed E-state index contributed by atoms with van der Waals surface area (Å²) in [6, 6.07) is 12.5. The van der Waals surface area contributed by atoms with Crippen molar-refractivity contribution in [3.8, 4) is 0 Å². The third-order valence-corrected chi connectivity index (χ3v) is 4.50. The van der Waals surface area contributed by atoms with Crippen LogP contribution in [0.3, 0.4) is 0 Å². The Hall–Kier alpha value is -2.54. The third-order valence-electron chi connectivity index (χ3n) is 3.10.